The number of amides is 4. The minimum Gasteiger partial charge on any atom is -0.453 e. The van der Waals surface area contributed by atoms with Gasteiger partial charge in [0.2, 0.25) is 5.91 Å². The molecule has 3 aliphatic rings. The average molecular weight is 1160 g/mol. The number of benzene rings is 2. The summed E-state index contributed by atoms with van der Waals surface area (Å²) in [5, 5.41) is 22.1. The van der Waals surface area contributed by atoms with Gasteiger partial charge in [0.15, 0.2) is 6.10 Å². The number of nitrogens with zero attached hydrogens (tertiary/aromatic N) is 6. The lowest BCUT2D eigenvalue weighted by molar-refractivity contribution is -0.239. The number of likely N-dealkylation sites (tertiary alicyclic amines) is 1. The van der Waals surface area contributed by atoms with Crippen molar-refractivity contribution >= 4 is 29.8 Å². The van der Waals surface area contributed by atoms with Gasteiger partial charge in [-0.05, 0) is 94.5 Å². The Balaban J connectivity index is 1.19. The normalized spacial score (nSPS) is 18.5. The Morgan fingerprint density at radius 3 is 1.94 bits per heavy atom. The molecule has 4 aromatic rings. The van der Waals surface area contributed by atoms with Gasteiger partial charge in [0.25, 0.3) is 5.91 Å². The highest BCUT2D eigenvalue weighted by molar-refractivity contribution is 5.87. The molecule has 18 nitrogen and oxygen atoms in total. The topological polar surface area (TPSA) is 205 Å². The van der Waals surface area contributed by atoms with E-state index in [1.54, 1.807) is 18.3 Å². The number of piperazine rings is 1. The first-order valence-corrected chi connectivity index (χ1v) is 25.4. The third-order valence-electron chi connectivity index (χ3n) is 14.7. The van der Waals surface area contributed by atoms with Crippen LogP contribution in [0.25, 0.3) is 11.1 Å². The molecule has 3 fully saturated rings. The summed E-state index contributed by atoms with van der Waals surface area (Å²) in [6.07, 6.45) is -13.4. The van der Waals surface area contributed by atoms with E-state index in [-0.39, 0.29) is 21.4 Å². The monoisotopic (exact) mass is 1150 g/mol. The molecule has 440 valence electrons. The van der Waals surface area contributed by atoms with Crippen molar-refractivity contribution < 1.29 is 82.4 Å². The van der Waals surface area contributed by atoms with Gasteiger partial charge in [-0.2, -0.15) is 40.2 Å². The molecule has 5 heterocycles. The molecule has 2 aromatic heterocycles. The van der Waals surface area contributed by atoms with Crippen LogP contribution in [0.5, 0.6) is 0 Å². The number of aromatic nitrogens is 3. The number of hydrogen-bond donors (Lipinski definition) is 5. The van der Waals surface area contributed by atoms with Gasteiger partial charge >= 0.3 is 31.1 Å². The average Bonchev–Trinajstić information content (AvgIpc) is 4.21. The number of carbonyl (C=O) groups is 4. The summed E-state index contributed by atoms with van der Waals surface area (Å²) in [6.45, 7) is 0.106. The number of hydrazine groups is 1. The zero-order chi connectivity index (χ0) is 59.4. The van der Waals surface area contributed by atoms with Crippen molar-refractivity contribution in [3.63, 3.8) is 0 Å². The summed E-state index contributed by atoms with van der Waals surface area (Å²) < 4.78 is 161. The number of fused-ring (bicyclic) bond motifs is 2. The van der Waals surface area contributed by atoms with Gasteiger partial charge in [0.05, 0.1) is 50.1 Å². The SMILES string of the molecule is CNC(=O)O[C@H](C(=O)NN(Cc1c(F)cc(-c2cnn(C(F)F)c2)cc1F)C[C@H](O)[C@H](Cc1ccc(C#Cc2ccc(N3[C@H]4CC[C@H]3CN(C3COC3)C4)nc2)cc1)NC(=O)[C@@H](NC(=O)OC)C(C)(C)C(F)(F)F)C(C)(C)C(F)(F)F. The molecule has 28 heteroatoms. The Morgan fingerprint density at radius 1 is 0.815 bits per heavy atom. The van der Waals surface area contributed by atoms with Gasteiger partial charge in [-0.1, -0.05) is 24.0 Å². The van der Waals surface area contributed by atoms with Gasteiger partial charge in [0, 0.05) is 80.0 Å². The Bertz CT molecular complexity index is 2910. The van der Waals surface area contributed by atoms with E-state index in [1.165, 1.54) is 12.1 Å². The van der Waals surface area contributed by atoms with Gasteiger partial charge < -0.3 is 40.2 Å². The van der Waals surface area contributed by atoms with Crippen molar-refractivity contribution in [1.29, 1.82) is 0 Å². The number of hydrogen-bond acceptors (Lipinski definition) is 13. The first-order valence-electron chi connectivity index (χ1n) is 25.4. The molecule has 3 saturated heterocycles. The number of carbonyl (C=O) groups excluding carboxylic acids is 4. The summed E-state index contributed by atoms with van der Waals surface area (Å²) in [6, 6.07) is 8.04. The minimum absolute atomic E-state index is 0.176. The number of ether oxygens (including phenoxy) is 3. The van der Waals surface area contributed by atoms with E-state index in [9.17, 15) is 59.4 Å². The molecular formula is C53H60F10N10O8. The van der Waals surface area contributed by atoms with Gasteiger partial charge in [-0.15, -0.1) is 0 Å². The number of rotatable bonds is 19. The van der Waals surface area contributed by atoms with Gasteiger partial charge in [0.1, 0.15) is 28.9 Å². The van der Waals surface area contributed by atoms with Crippen LogP contribution < -0.4 is 26.3 Å². The maximum atomic E-state index is 16.1. The quantitative estimate of drug-likeness (QED) is 0.0381. The van der Waals surface area contributed by atoms with Crippen molar-refractivity contribution in [3.8, 4) is 23.0 Å². The first kappa shape index (κ1) is 61.4. The highest BCUT2D eigenvalue weighted by atomic mass is 19.4. The third kappa shape index (κ3) is 14.3. The molecule has 0 radical (unpaired) electrons. The van der Waals surface area contributed by atoms with Crippen molar-refractivity contribution in [2.75, 3.05) is 51.9 Å². The molecule has 6 atom stereocenters. The minimum atomic E-state index is -5.26. The number of alkyl halides is 8. The number of aliphatic hydroxyl groups is 1. The Hall–Kier alpha value is -7.22. The molecule has 0 aliphatic carbocycles. The molecule has 0 spiro atoms. The fourth-order valence-corrected chi connectivity index (χ4v) is 9.51. The van der Waals surface area contributed by atoms with Crippen LogP contribution in [0.1, 0.15) is 69.3 Å². The lowest BCUT2D eigenvalue weighted by atomic mass is 9.82. The zero-order valence-corrected chi connectivity index (χ0v) is 44.6. The molecule has 2 bridgehead atoms. The number of alkyl carbamates (subject to hydrolysis) is 2. The van der Waals surface area contributed by atoms with Crippen LogP contribution in [0, 0.1) is 34.3 Å². The molecule has 0 saturated carbocycles. The van der Waals surface area contributed by atoms with Crippen molar-refractivity contribution in [2.24, 2.45) is 10.8 Å². The summed E-state index contributed by atoms with van der Waals surface area (Å²) in [5.74, 6) is 0.763. The smallest absolute Gasteiger partial charge is 0.407 e. The number of nitrogens with one attached hydrogen (secondary N) is 4. The van der Waals surface area contributed by atoms with E-state index < -0.39 is 115 Å². The third-order valence-corrected chi connectivity index (χ3v) is 14.7. The lowest BCUT2D eigenvalue weighted by Crippen LogP contribution is -2.62. The van der Waals surface area contributed by atoms with Crippen molar-refractivity contribution in [1.82, 2.24) is 46.0 Å². The van der Waals surface area contributed by atoms with Gasteiger partial charge in [-0.25, -0.2) is 33.0 Å². The van der Waals surface area contributed by atoms with Crippen LogP contribution in [0.15, 0.2) is 67.1 Å². The largest absolute Gasteiger partial charge is 0.453 e. The standard InChI is InChI=1S/C53H60F10N10O8/c1-50(2,52(58,59)60)43(68-49(78)79-6)45(75)67-40(17-30-10-7-29(8-11-30)9-12-31-13-16-42(65-20-31)73-34-14-15-35(73)24-70(23-34)36-27-80-28-36)41(74)26-71(69-46(76)44(81-48(77)64-5)51(3,4)53(61,62)63)25-37-38(54)18-32(19-39(37)55)33-21-66-72(22-33)47(56)57/h7-8,10-11,13,16,18-22,34-36,40-41,43-44,47,74H,14-15,17,23-28H2,1-6H3,(H,64,77)(H,67,75)(H,68,78)(H,69,76)/t34-,35-,40-,41-,43+,44+/m0/s1. The second kappa shape index (κ2) is 24.9. The van der Waals surface area contributed by atoms with E-state index >= 15 is 8.78 Å². The fraction of sp³-hybridized carbons (Fsp3) is 0.509. The Labute approximate surface area is 458 Å². The van der Waals surface area contributed by atoms with Crippen LogP contribution >= 0.6 is 0 Å². The molecule has 0 unspecified atom stereocenters. The zero-order valence-electron chi connectivity index (χ0n) is 44.6. The van der Waals surface area contributed by atoms with Crippen LogP contribution in [-0.2, 0) is 36.8 Å². The lowest BCUT2D eigenvalue weighted by Gasteiger charge is -2.47. The maximum Gasteiger partial charge on any atom is 0.407 e. The molecule has 3 aliphatic heterocycles. The maximum absolute atomic E-state index is 16.1. The van der Waals surface area contributed by atoms with E-state index in [4.69, 9.17) is 14.5 Å². The van der Waals surface area contributed by atoms with Crippen LogP contribution in [-0.4, -0.2) is 156 Å². The van der Waals surface area contributed by atoms with Crippen molar-refractivity contribution in [3.05, 3.63) is 101 Å². The number of halogens is 10. The van der Waals surface area contributed by atoms with E-state index in [0.717, 1.165) is 71.5 Å². The number of anilines is 1. The highest BCUT2D eigenvalue weighted by Crippen LogP contribution is 2.43. The van der Waals surface area contributed by atoms with E-state index in [2.05, 4.69) is 36.8 Å². The molecule has 81 heavy (non-hydrogen) atoms. The van der Waals surface area contributed by atoms with Crippen LogP contribution in [0.4, 0.5) is 59.3 Å². The van der Waals surface area contributed by atoms with Gasteiger partial charge in [-0.3, -0.25) is 19.9 Å². The Kier molecular flexibility index (Phi) is 18.9. The first-order chi connectivity index (χ1) is 38.0. The summed E-state index contributed by atoms with van der Waals surface area (Å²) in [5.41, 5.74) is -4.33. The van der Waals surface area contributed by atoms with E-state index in [0.29, 0.717) is 74.1 Å². The second-order valence-corrected chi connectivity index (χ2v) is 21.0. The van der Waals surface area contributed by atoms with Crippen molar-refractivity contribution in [2.45, 2.75) is 115 Å². The predicted octanol–water partition coefficient (Wildman–Crippen LogP) is 6.62. The Morgan fingerprint density at radius 2 is 1.42 bits per heavy atom. The predicted molar refractivity (Wildman–Crippen MR) is 269 cm³/mol. The molecule has 7 rings (SSSR count). The molecular weight excluding hydrogens is 1090 g/mol. The van der Waals surface area contributed by atoms with Crippen LogP contribution in [0.2, 0.25) is 0 Å². The summed E-state index contributed by atoms with van der Waals surface area (Å²) in [7, 11) is 1.79. The summed E-state index contributed by atoms with van der Waals surface area (Å²) >= 11 is 0. The number of pyridine rings is 1. The molecule has 4 amide bonds. The highest BCUT2D eigenvalue weighted by Gasteiger charge is 2.58. The van der Waals surface area contributed by atoms with Crippen LogP contribution in [0.3, 0.4) is 0 Å². The fourth-order valence-electron chi connectivity index (χ4n) is 9.51. The summed E-state index contributed by atoms with van der Waals surface area (Å²) in [4.78, 5) is 62.4. The van der Waals surface area contributed by atoms with E-state index in [1.807, 2.05) is 28.2 Å². The second-order valence-electron chi connectivity index (χ2n) is 21.0. The number of methoxy groups -OCH3 is 1. The molecule has 5 N–H and O–H groups in total. The number of aliphatic hydroxyl groups excluding tert-OH is 1. The molecule has 2 aromatic carbocycles.